The minimum Gasteiger partial charge on any atom is -0.468 e. The molecule has 0 aliphatic rings. The molecular formula is C17H23ClN2O. The van der Waals surface area contributed by atoms with Crippen LogP contribution >= 0.6 is 11.6 Å². The van der Waals surface area contributed by atoms with Gasteiger partial charge in [-0.05, 0) is 44.3 Å². The van der Waals surface area contributed by atoms with E-state index in [0.29, 0.717) is 0 Å². The van der Waals surface area contributed by atoms with Crippen molar-refractivity contribution in [1.29, 1.82) is 0 Å². The van der Waals surface area contributed by atoms with Gasteiger partial charge in [0, 0.05) is 23.2 Å². The van der Waals surface area contributed by atoms with Crippen molar-refractivity contribution in [3.63, 3.8) is 0 Å². The molecule has 3 nitrogen and oxygen atoms in total. The maximum Gasteiger partial charge on any atom is 0.122 e. The number of hydrogen-bond donors (Lipinski definition) is 1. The molecule has 1 atom stereocenters. The van der Waals surface area contributed by atoms with Crippen molar-refractivity contribution < 1.29 is 4.42 Å². The molecule has 0 aliphatic carbocycles. The SMILES string of the molecule is CCNCc1ccoc1CN(C)C(C)c1cccc(Cl)c1. The summed E-state index contributed by atoms with van der Waals surface area (Å²) in [6.45, 7) is 6.87. The average molecular weight is 307 g/mol. The van der Waals surface area contributed by atoms with Gasteiger partial charge in [0.1, 0.15) is 5.76 Å². The van der Waals surface area contributed by atoms with Gasteiger partial charge >= 0.3 is 0 Å². The van der Waals surface area contributed by atoms with Crippen LogP contribution in [0.4, 0.5) is 0 Å². The van der Waals surface area contributed by atoms with E-state index >= 15 is 0 Å². The van der Waals surface area contributed by atoms with E-state index in [0.717, 1.165) is 30.4 Å². The monoisotopic (exact) mass is 306 g/mol. The fourth-order valence-electron chi connectivity index (χ4n) is 2.31. The summed E-state index contributed by atoms with van der Waals surface area (Å²) in [5.41, 5.74) is 2.44. The third kappa shape index (κ3) is 4.34. The molecule has 114 valence electrons. The van der Waals surface area contributed by atoms with Crippen molar-refractivity contribution in [2.45, 2.75) is 33.0 Å². The van der Waals surface area contributed by atoms with Crippen LogP contribution in [0.3, 0.4) is 0 Å². The van der Waals surface area contributed by atoms with E-state index in [1.807, 2.05) is 24.3 Å². The summed E-state index contributed by atoms with van der Waals surface area (Å²) in [4.78, 5) is 2.26. The van der Waals surface area contributed by atoms with E-state index in [9.17, 15) is 0 Å². The molecule has 1 N–H and O–H groups in total. The van der Waals surface area contributed by atoms with Crippen molar-refractivity contribution in [2.24, 2.45) is 0 Å². The minimum absolute atomic E-state index is 0.279. The third-order valence-corrected chi connectivity index (χ3v) is 4.02. The highest BCUT2D eigenvalue weighted by Gasteiger charge is 2.15. The lowest BCUT2D eigenvalue weighted by Gasteiger charge is -2.24. The first-order valence-electron chi connectivity index (χ1n) is 7.33. The molecule has 1 aromatic carbocycles. The Balaban J connectivity index is 2.04. The molecule has 4 heteroatoms. The normalized spacial score (nSPS) is 12.8. The first-order valence-corrected chi connectivity index (χ1v) is 7.71. The van der Waals surface area contributed by atoms with Crippen LogP contribution in [0.15, 0.2) is 41.0 Å². The Morgan fingerprint density at radius 1 is 1.33 bits per heavy atom. The number of hydrogen-bond acceptors (Lipinski definition) is 3. The van der Waals surface area contributed by atoms with E-state index in [1.54, 1.807) is 6.26 Å². The lowest BCUT2D eigenvalue weighted by molar-refractivity contribution is 0.231. The summed E-state index contributed by atoms with van der Waals surface area (Å²) in [7, 11) is 2.10. The highest BCUT2D eigenvalue weighted by Crippen LogP contribution is 2.24. The summed E-state index contributed by atoms with van der Waals surface area (Å²) >= 11 is 6.07. The largest absolute Gasteiger partial charge is 0.468 e. The van der Waals surface area contributed by atoms with Crippen LogP contribution in [0.5, 0.6) is 0 Å². The fraction of sp³-hybridized carbons (Fsp3) is 0.412. The van der Waals surface area contributed by atoms with E-state index in [-0.39, 0.29) is 6.04 Å². The molecule has 0 fully saturated rings. The van der Waals surface area contributed by atoms with Crippen LogP contribution in [0.1, 0.15) is 36.8 Å². The zero-order valence-electron chi connectivity index (χ0n) is 12.9. The number of nitrogens with zero attached hydrogens (tertiary/aromatic N) is 1. The van der Waals surface area contributed by atoms with Gasteiger partial charge in [-0.1, -0.05) is 30.7 Å². The molecule has 1 heterocycles. The molecule has 2 aromatic rings. The van der Waals surface area contributed by atoms with E-state index in [1.165, 1.54) is 11.1 Å². The van der Waals surface area contributed by atoms with Crippen LogP contribution in [0, 0.1) is 0 Å². The highest BCUT2D eigenvalue weighted by atomic mass is 35.5. The predicted octanol–water partition coefficient (Wildman–Crippen LogP) is 4.24. The average Bonchev–Trinajstić information content (AvgIpc) is 2.91. The third-order valence-electron chi connectivity index (χ3n) is 3.79. The Hall–Kier alpha value is -1.29. The molecule has 0 spiro atoms. The van der Waals surface area contributed by atoms with E-state index in [4.69, 9.17) is 16.0 Å². The Kier molecular flexibility index (Phi) is 5.85. The Morgan fingerprint density at radius 2 is 2.14 bits per heavy atom. The smallest absolute Gasteiger partial charge is 0.122 e. The second kappa shape index (κ2) is 7.64. The second-order valence-electron chi connectivity index (χ2n) is 5.30. The number of nitrogens with one attached hydrogen (secondary N) is 1. The number of benzene rings is 1. The van der Waals surface area contributed by atoms with Gasteiger partial charge in [0.2, 0.25) is 0 Å². The topological polar surface area (TPSA) is 28.4 Å². The zero-order chi connectivity index (χ0) is 15.2. The van der Waals surface area contributed by atoms with Gasteiger partial charge in [-0.3, -0.25) is 4.90 Å². The molecule has 2 rings (SSSR count). The van der Waals surface area contributed by atoms with Crippen LogP contribution in [-0.4, -0.2) is 18.5 Å². The highest BCUT2D eigenvalue weighted by molar-refractivity contribution is 6.30. The molecule has 21 heavy (non-hydrogen) atoms. The van der Waals surface area contributed by atoms with E-state index < -0.39 is 0 Å². The second-order valence-corrected chi connectivity index (χ2v) is 5.73. The standard InChI is InChI=1S/C17H23ClN2O/c1-4-19-11-15-8-9-21-17(15)12-20(3)13(2)14-6-5-7-16(18)10-14/h5-10,13,19H,4,11-12H2,1-3H3. The Labute approximate surface area is 131 Å². The Morgan fingerprint density at radius 3 is 2.86 bits per heavy atom. The van der Waals surface area contributed by atoms with Gasteiger partial charge in [0.25, 0.3) is 0 Å². The molecule has 0 saturated heterocycles. The van der Waals surface area contributed by atoms with Crippen LogP contribution in [-0.2, 0) is 13.1 Å². The summed E-state index contributed by atoms with van der Waals surface area (Å²) in [6, 6.07) is 10.3. The maximum absolute atomic E-state index is 6.07. The molecule has 0 saturated carbocycles. The van der Waals surface area contributed by atoms with Crippen molar-refractivity contribution in [3.8, 4) is 0 Å². The van der Waals surface area contributed by atoms with Crippen molar-refractivity contribution in [1.82, 2.24) is 10.2 Å². The van der Waals surface area contributed by atoms with Gasteiger partial charge in [-0.2, -0.15) is 0 Å². The molecule has 0 aliphatic heterocycles. The summed E-state index contributed by atoms with van der Waals surface area (Å²) in [5, 5.41) is 4.11. The summed E-state index contributed by atoms with van der Waals surface area (Å²) in [6.07, 6.45) is 1.76. The summed E-state index contributed by atoms with van der Waals surface area (Å²) in [5.74, 6) is 1.02. The van der Waals surface area contributed by atoms with Gasteiger partial charge in [-0.15, -0.1) is 0 Å². The minimum atomic E-state index is 0.279. The first kappa shape index (κ1) is 16.1. The van der Waals surface area contributed by atoms with Crippen molar-refractivity contribution in [3.05, 3.63) is 58.5 Å². The molecule has 1 aromatic heterocycles. The predicted molar refractivity (Wildman–Crippen MR) is 87.4 cm³/mol. The maximum atomic E-state index is 6.07. The van der Waals surface area contributed by atoms with Crippen LogP contribution in [0.25, 0.3) is 0 Å². The van der Waals surface area contributed by atoms with E-state index in [2.05, 4.69) is 37.2 Å². The van der Waals surface area contributed by atoms with Gasteiger partial charge in [0.15, 0.2) is 0 Å². The van der Waals surface area contributed by atoms with Gasteiger partial charge in [0.05, 0.1) is 12.8 Å². The summed E-state index contributed by atoms with van der Waals surface area (Å²) < 4.78 is 5.63. The number of halogens is 1. The zero-order valence-corrected chi connectivity index (χ0v) is 13.7. The van der Waals surface area contributed by atoms with Gasteiger partial charge in [-0.25, -0.2) is 0 Å². The quantitative estimate of drug-likeness (QED) is 0.829. The first-order chi connectivity index (χ1) is 10.1. The molecule has 1 unspecified atom stereocenters. The van der Waals surface area contributed by atoms with Crippen molar-refractivity contribution in [2.75, 3.05) is 13.6 Å². The lowest BCUT2D eigenvalue weighted by Crippen LogP contribution is -2.23. The number of rotatable bonds is 7. The molecule has 0 bridgehead atoms. The van der Waals surface area contributed by atoms with Gasteiger partial charge < -0.3 is 9.73 Å². The molecular weight excluding hydrogens is 284 g/mol. The molecule has 0 radical (unpaired) electrons. The Bertz CT molecular complexity index is 567. The molecule has 0 amide bonds. The van der Waals surface area contributed by atoms with Crippen molar-refractivity contribution >= 4 is 11.6 Å². The van der Waals surface area contributed by atoms with Crippen LogP contribution < -0.4 is 5.32 Å². The lowest BCUT2D eigenvalue weighted by atomic mass is 10.1. The fourth-order valence-corrected chi connectivity index (χ4v) is 2.51. The number of furan rings is 1. The van der Waals surface area contributed by atoms with Crippen LogP contribution in [0.2, 0.25) is 5.02 Å².